The first-order valence-corrected chi connectivity index (χ1v) is 17.0. The van der Waals surface area contributed by atoms with E-state index < -0.39 is 0 Å². The van der Waals surface area contributed by atoms with Crippen LogP contribution >= 0.6 is 0 Å². The van der Waals surface area contributed by atoms with Crippen molar-refractivity contribution in [1.29, 1.82) is 0 Å². The van der Waals surface area contributed by atoms with Crippen molar-refractivity contribution in [3.63, 3.8) is 0 Å². The molecule has 0 heterocycles. The van der Waals surface area contributed by atoms with E-state index in [1.54, 1.807) is 0 Å². The number of hydrogen-bond acceptors (Lipinski definition) is 1. The van der Waals surface area contributed by atoms with Gasteiger partial charge < -0.3 is 5.32 Å². The third-order valence-electron chi connectivity index (χ3n) is 8.63. The van der Waals surface area contributed by atoms with Crippen LogP contribution in [0.4, 0.5) is 5.69 Å². The van der Waals surface area contributed by atoms with Gasteiger partial charge in [0.05, 0.1) is 0 Å². The van der Waals surface area contributed by atoms with Gasteiger partial charge in [-0.05, 0) is 110 Å². The Morgan fingerprint density at radius 1 is 0.756 bits per heavy atom. The highest BCUT2D eigenvalue weighted by Crippen LogP contribution is 2.56. The molecule has 1 saturated carbocycles. The van der Waals surface area contributed by atoms with Crippen LogP contribution in [-0.4, -0.2) is 0 Å². The molecule has 1 heteroatoms. The molecule has 1 nitrogen and oxygen atoms in total. The summed E-state index contributed by atoms with van der Waals surface area (Å²) in [6.45, 7) is 31.7. The highest BCUT2D eigenvalue weighted by Gasteiger charge is 2.46. The van der Waals surface area contributed by atoms with Crippen LogP contribution in [0.5, 0.6) is 0 Å². The first kappa shape index (κ1) is 37.3. The van der Waals surface area contributed by atoms with Gasteiger partial charge >= 0.3 is 0 Å². The summed E-state index contributed by atoms with van der Waals surface area (Å²) in [5.74, 6) is 0. The Kier molecular flexibility index (Phi) is 15.1. The average Bonchev–Trinajstić information content (AvgIpc) is 3.87. The predicted octanol–water partition coefficient (Wildman–Crippen LogP) is 13.6. The van der Waals surface area contributed by atoms with Crippen LogP contribution in [0.25, 0.3) is 16.3 Å². The Morgan fingerprint density at radius 2 is 1.31 bits per heavy atom. The lowest BCUT2D eigenvalue weighted by atomic mass is 9.92. The Morgan fingerprint density at radius 3 is 1.78 bits per heavy atom. The standard InChI is InChI=1S/C30H33N.C8H10.C4H10.C2H6/c1-7-21(4)28-19-29-25(17-22(28)5)9-8-10-26(29)18-24-11-13-27(14-12-24)31-23(6)30(15-16-30)20(2)3;1-7-3-5-8(2)6-4-7;1-3-4-2;1-2/h8-14,17,19,31H,2,4,6-7,15-16,18H2,1,3,5H3;3-6H,1-2H3;3-4H2,1-2H3;1-2H3. The smallest absolute Gasteiger partial charge is 0.0382 e. The number of hydrogen-bond donors (Lipinski definition) is 1. The van der Waals surface area contributed by atoms with Gasteiger partial charge in [0, 0.05) is 16.8 Å². The van der Waals surface area contributed by atoms with Crippen molar-refractivity contribution in [2.45, 2.75) is 101 Å². The highest BCUT2D eigenvalue weighted by atomic mass is 14.9. The molecule has 1 N–H and O–H groups in total. The van der Waals surface area contributed by atoms with Crippen molar-refractivity contribution in [2.75, 3.05) is 5.32 Å². The van der Waals surface area contributed by atoms with E-state index >= 15 is 0 Å². The fourth-order valence-electron chi connectivity index (χ4n) is 5.20. The van der Waals surface area contributed by atoms with Gasteiger partial charge in [-0.3, -0.25) is 0 Å². The summed E-state index contributed by atoms with van der Waals surface area (Å²) < 4.78 is 0. The normalized spacial score (nSPS) is 12.3. The SMILES string of the molecule is C=C(CC)c1cc2c(Cc3ccc(NC(=C)C4(C(=C)C)CC4)cc3)cccc2cc1C.CC.CCCC.Cc1ccc(C)cc1. The van der Waals surface area contributed by atoms with E-state index in [9.17, 15) is 0 Å². The van der Waals surface area contributed by atoms with Crippen LogP contribution < -0.4 is 5.32 Å². The number of fused-ring (bicyclic) bond motifs is 1. The molecule has 4 aromatic rings. The summed E-state index contributed by atoms with van der Waals surface area (Å²) in [5.41, 5.74) is 12.6. The summed E-state index contributed by atoms with van der Waals surface area (Å²) in [5, 5.41) is 6.14. The molecule has 1 aliphatic carbocycles. The van der Waals surface area contributed by atoms with E-state index in [1.807, 2.05) is 13.8 Å². The van der Waals surface area contributed by atoms with Gasteiger partial charge in [-0.2, -0.15) is 0 Å². The summed E-state index contributed by atoms with van der Waals surface area (Å²) in [6.07, 6.45) is 6.83. The van der Waals surface area contributed by atoms with E-state index in [2.05, 4.69) is 152 Å². The van der Waals surface area contributed by atoms with Crippen molar-refractivity contribution in [2.24, 2.45) is 5.41 Å². The molecule has 1 fully saturated rings. The van der Waals surface area contributed by atoms with E-state index in [4.69, 9.17) is 0 Å². The largest absolute Gasteiger partial charge is 0.359 e. The summed E-state index contributed by atoms with van der Waals surface area (Å²) >= 11 is 0. The molecule has 0 radical (unpaired) electrons. The fraction of sp³-hybridized carbons (Fsp3) is 0.364. The monoisotopic (exact) mass is 601 g/mol. The van der Waals surface area contributed by atoms with Crippen molar-refractivity contribution in [3.05, 3.63) is 143 Å². The van der Waals surface area contributed by atoms with Crippen LogP contribution in [0, 0.1) is 26.2 Å². The molecule has 1 aliphatic rings. The van der Waals surface area contributed by atoms with Crippen LogP contribution in [0.3, 0.4) is 0 Å². The number of anilines is 1. The number of aryl methyl sites for hydroxylation is 3. The molecule has 0 aromatic heterocycles. The van der Waals surface area contributed by atoms with Gasteiger partial charge in [0.2, 0.25) is 0 Å². The van der Waals surface area contributed by atoms with E-state index in [0.29, 0.717) is 0 Å². The van der Waals surface area contributed by atoms with Gasteiger partial charge in [0.25, 0.3) is 0 Å². The van der Waals surface area contributed by atoms with E-state index in [0.717, 1.165) is 37.1 Å². The lowest BCUT2D eigenvalue weighted by Gasteiger charge is -2.20. The number of allylic oxidation sites excluding steroid dienone is 2. The van der Waals surface area contributed by atoms with Crippen LogP contribution in [0.2, 0.25) is 0 Å². The molecule has 0 spiro atoms. The minimum Gasteiger partial charge on any atom is -0.359 e. The van der Waals surface area contributed by atoms with Gasteiger partial charge in [0.15, 0.2) is 0 Å². The second-order valence-electron chi connectivity index (χ2n) is 12.3. The van der Waals surface area contributed by atoms with Crippen molar-refractivity contribution < 1.29 is 0 Å². The van der Waals surface area contributed by atoms with Crippen LogP contribution in [0.1, 0.15) is 107 Å². The first-order valence-electron chi connectivity index (χ1n) is 17.0. The lowest BCUT2D eigenvalue weighted by Crippen LogP contribution is -2.12. The van der Waals surface area contributed by atoms with Crippen molar-refractivity contribution >= 4 is 22.0 Å². The van der Waals surface area contributed by atoms with E-state index in [1.165, 1.54) is 68.1 Å². The number of benzene rings is 4. The number of rotatable bonds is 9. The Balaban J connectivity index is 0.000000420. The molecule has 45 heavy (non-hydrogen) atoms. The number of unbranched alkanes of at least 4 members (excludes halogenated alkanes) is 1. The molecule has 0 unspecified atom stereocenters. The maximum absolute atomic E-state index is 4.29. The second kappa shape index (κ2) is 18.2. The summed E-state index contributed by atoms with van der Waals surface area (Å²) in [4.78, 5) is 0. The lowest BCUT2D eigenvalue weighted by molar-refractivity contribution is 0.736. The molecule has 0 aliphatic heterocycles. The zero-order valence-corrected chi connectivity index (χ0v) is 29.9. The molecule has 0 saturated heterocycles. The van der Waals surface area contributed by atoms with E-state index in [-0.39, 0.29) is 5.41 Å². The quantitative estimate of drug-likeness (QED) is 0.188. The van der Waals surface area contributed by atoms with Crippen LogP contribution in [0.15, 0.2) is 110 Å². The second-order valence-corrected chi connectivity index (χ2v) is 12.3. The van der Waals surface area contributed by atoms with Crippen molar-refractivity contribution in [1.82, 2.24) is 0 Å². The zero-order chi connectivity index (χ0) is 33.6. The molecule has 0 bridgehead atoms. The third-order valence-corrected chi connectivity index (χ3v) is 8.63. The fourth-order valence-corrected chi connectivity index (χ4v) is 5.20. The maximum atomic E-state index is 4.29. The van der Waals surface area contributed by atoms with Gasteiger partial charge in [0.1, 0.15) is 0 Å². The number of nitrogens with one attached hydrogen (secondary N) is 1. The zero-order valence-electron chi connectivity index (χ0n) is 29.9. The average molecular weight is 602 g/mol. The Labute approximate surface area is 276 Å². The molecular formula is C44H59N. The van der Waals surface area contributed by atoms with Gasteiger partial charge in [-0.15, -0.1) is 0 Å². The first-order chi connectivity index (χ1) is 21.5. The Bertz CT molecular complexity index is 1510. The third kappa shape index (κ3) is 10.6. The molecule has 4 aromatic carbocycles. The van der Waals surface area contributed by atoms with Gasteiger partial charge in [-0.1, -0.05) is 145 Å². The summed E-state index contributed by atoms with van der Waals surface area (Å²) in [6, 6.07) is 28.5. The maximum Gasteiger partial charge on any atom is 0.0382 e. The topological polar surface area (TPSA) is 12.0 Å². The van der Waals surface area contributed by atoms with Crippen molar-refractivity contribution in [3.8, 4) is 0 Å². The Hall–Kier alpha value is -3.84. The summed E-state index contributed by atoms with van der Waals surface area (Å²) in [7, 11) is 0. The van der Waals surface area contributed by atoms with Gasteiger partial charge in [-0.25, -0.2) is 0 Å². The molecular weight excluding hydrogens is 542 g/mol. The minimum absolute atomic E-state index is 0.0972. The minimum atomic E-state index is 0.0972. The molecule has 5 rings (SSSR count). The predicted molar refractivity (Wildman–Crippen MR) is 204 cm³/mol. The molecule has 0 amide bonds. The van der Waals surface area contributed by atoms with Crippen LogP contribution in [-0.2, 0) is 6.42 Å². The molecule has 0 atom stereocenters. The molecule has 240 valence electrons. The highest BCUT2D eigenvalue weighted by molar-refractivity contribution is 5.90.